The summed E-state index contributed by atoms with van der Waals surface area (Å²) in [5.74, 6) is -0.807. The minimum Gasteiger partial charge on any atom is -0.368 e. The summed E-state index contributed by atoms with van der Waals surface area (Å²) < 4.78 is 5.27. The molecule has 13 heavy (non-hydrogen) atoms. The molecule has 5 heteroatoms. The molecule has 1 atom stereocenters. The summed E-state index contributed by atoms with van der Waals surface area (Å²) in [6.45, 7) is 2.19. The van der Waals surface area contributed by atoms with Crippen molar-refractivity contribution >= 4 is 11.8 Å². The summed E-state index contributed by atoms with van der Waals surface area (Å²) in [6, 6.07) is 0. The van der Waals surface area contributed by atoms with Gasteiger partial charge in [0.15, 0.2) is 0 Å². The quantitative estimate of drug-likeness (QED) is 0.602. The van der Waals surface area contributed by atoms with Gasteiger partial charge in [-0.05, 0) is 19.8 Å². The monoisotopic (exact) mass is 186 g/mol. The van der Waals surface area contributed by atoms with Crippen molar-refractivity contribution in [2.75, 3.05) is 13.2 Å². The summed E-state index contributed by atoms with van der Waals surface area (Å²) in [5.41, 5.74) is 4.12. The van der Waals surface area contributed by atoms with Crippen LogP contribution in [-0.2, 0) is 14.3 Å². The summed E-state index contributed by atoms with van der Waals surface area (Å²) >= 11 is 0. The van der Waals surface area contributed by atoms with Crippen molar-refractivity contribution in [3.8, 4) is 0 Å². The Hall–Kier alpha value is -1.10. The second kappa shape index (κ2) is 3.74. The van der Waals surface area contributed by atoms with Gasteiger partial charge in [0.1, 0.15) is 5.60 Å². The molecule has 2 amide bonds. The summed E-state index contributed by atoms with van der Waals surface area (Å²) in [5, 5.41) is 2.43. The molecular formula is C8H14N2O3. The second-order valence-corrected chi connectivity index (χ2v) is 3.33. The lowest BCUT2D eigenvalue weighted by Crippen LogP contribution is -2.46. The van der Waals surface area contributed by atoms with E-state index >= 15 is 0 Å². The van der Waals surface area contributed by atoms with Crippen LogP contribution in [0.2, 0.25) is 0 Å². The van der Waals surface area contributed by atoms with E-state index in [9.17, 15) is 9.59 Å². The number of rotatable bonds is 3. The van der Waals surface area contributed by atoms with Crippen molar-refractivity contribution in [3.05, 3.63) is 0 Å². The van der Waals surface area contributed by atoms with Gasteiger partial charge < -0.3 is 15.8 Å². The number of hydrogen-bond acceptors (Lipinski definition) is 3. The average Bonchev–Trinajstić information content (AvgIpc) is 2.49. The molecule has 74 valence electrons. The normalized spacial score (nSPS) is 27.2. The van der Waals surface area contributed by atoms with Gasteiger partial charge in [-0.15, -0.1) is 0 Å². The third-order valence-electron chi connectivity index (χ3n) is 2.12. The number of carbonyl (C=O) groups is 2. The molecule has 0 aliphatic carbocycles. The lowest BCUT2D eigenvalue weighted by molar-refractivity contribution is -0.140. The van der Waals surface area contributed by atoms with Crippen LogP contribution in [0.3, 0.4) is 0 Å². The minimum absolute atomic E-state index is 0.127. The van der Waals surface area contributed by atoms with Crippen LogP contribution in [0.1, 0.15) is 19.8 Å². The van der Waals surface area contributed by atoms with Crippen LogP contribution in [-0.4, -0.2) is 30.6 Å². The first kappa shape index (κ1) is 9.98. The van der Waals surface area contributed by atoms with Crippen molar-refractivity contribution in [3.63, 3.8) is 0 Å². The van der Waals surface area contributed by atoms with Crippen molar-refractivity contribution < 1.29 is 14.3 Å². The van der Waals surface area contributed by atoms with Crippen LogP contribution < -0.4 is 11.1 Å². The lowest BCUT2D eigenvalue weighted by atomic mass is 10.0. The van der Waals surface area contributed by atoms with Crippen LogP contribution in [0.15, 0.2) is 0 Å². The fourth-order valence-electron chi connectivity index (χ4n) is 1.31. The third kappa shape index (κ3) is 2.42. The Morgan fingerprint density at radius 2 is 2.31 bits per heavy atom. The Morgan fingerprint density at radius 1 is 1.62 bits per heavy atom. The average molecular weight is 186 g/mol. The van der Waals surface area contributed by atoms with Gasteiger partial charge in [0.25, 0.3) is 5.91 Å². The van der Waals surface area contributed by atoms with Gasteiger partial charge in [-0.1, -0.05) is 0 Å². The zero-order valence-electron chi connectivity index (χ0n) is 7.63. The molecule has 1 unspecified atom stereocenters. The SMILES string of the molecule is CC1(C(=O)NCC(N)=O)CCCO1. The topological polar surface area (TPSA) is 81.4 Å². The first-order valence-corrected chi connectivity index (χ1v) is 4.25. The van der Waals surface area contributed by atoms with Gasteiger partial charge >= 0.3 is 0 Å². The first-order chi connectivity index (χ1) is 6.04. The molecule has 1 fully saturated rings. The van der Waals surface area contributed by atoms with Gasteiger partial charge in [0, 0.05) is 6.61 Å². The fourth-order valence-corrected chi connectivity index (χ4v) is 1.31. The third-order valence-corrected chi connectivity index (χ3v) is 2.12. The number of ether oxygens (including phenoxy) is 1. The highest BCUT2D eigenvalue weighted by Crippen LogP contribution is 2.24. The molecule has 0 radical (unpaired) electrons. The van der Waals surface area contributed by atoms with E-state index in [1.54, 1.807) is 6.92 Å². The summed E-state index contributed by atoms with van der Waals surface area (Å²) in [6.07, 6.45) is 1.57. The predicted octanol–water partition coefficient (Wildman–Crippen LogP) is -0.843. The molecule has 1 saturated heterocycles. The van der Waals surface area contributed by atoms with Gasteiger partial charge in [0.05, 0.1) is 6.54 Å². The lowest BCUT2D eigenvalue weighted by Gasteiger charge is -2.21. The summed E-state index contributed by atoms with van der Waals surface area (Å²) in [7, 11) is 0. The molecule has 1 heterocycles. The van der Waals surface area contributed by atoms with E-state index < -0.39 is 11.5 Å². The van der Waals surface area contributed by atoms with Crippen molar-refractivity contribution in [1.29, 1.82) is 0 Å². The number of amides is 2. The molecule has 0 saturated carbocycles. The second-order valence-electron chi connectivity index (χ2n) is 3.33. The van der Waals surface area contributed by atoms with E-state index in [0.717, 1.165) is 6.42 Å². The molecule has 1 aliphatic heterocycles. The van der Waals surface area contributed by atoms with E-state index in [0.29, 0.717) is 13.0 Å². The molecule has 0 spiro atoms. The van der Waals surface area contributed by atoms with Gasteiger partial charge in [-0.25, -0.2) is 0 Å². The maximum Gasteiger partial charge on any atom is 0.252 e. The van der Waals surface area contributed by atoms with Crippen molar-refractivity contribution in [2.45, 2.75) is 25.4 Å². The van der Waals surface area contributed by atoms with E-state index in [2.05, 4.69) is 5.32 Å². The molecule has 0 aromatic carbocycles. The largest absolute Gasteiger partial charge is 0.368 e. The molecule has 0 bridgehead atoms. The number of nitrogens with one attached hydrogen (secondary N) is 1. The zero-order chi connectivity index (χ0) is 9.90. The smallest absolute Gasteiger partial charge is 0.252 e. The highest BCUT2D eigenvalue weighted by Gasteiger charge is 2.37. The zero-order valence-corrected chi connectivity index (χ0v) is 7.63. The Kier molecular flexibility index (Phi) is 2.87. The minimum atomic E-state index is -0.768. The highest BCUT2D eigenvalue weighted by atomic mass is 16.5. The molecule has 3 N–H and O–H groups in total. The maximum atomic E-state index is 11.4. The Morgan fingerprint density at radius 3 is 2.77 bits per heavy atom. The predicted molar refractivity (Wildman–Crippen MR) is 45.8 cm³/mol. The van der Waals surface area contributed by atoms with E-state index in [4.69, 9.17) is 10.5 Å². The van der Waals surface area contributed by atoms with Gasteiger partial charge in [-0.3, -0.25) is 9.59 Å². The number of hydrogen-bond donors (Lipinski definition) is 2. The van der Waals surface area contributed by atoms with Crippen LogP contribution in [0.5, 0.6) is 0 Å². The van der Waals surface area contributed by atoms with E-state index in [1.807, 2.05) is 0 Å². The van der Waals surface area contributed by atoms with Gasteiger partial charge in [-0.2, -0.15) is 0 Å². The van der Waals surface area contributed by atoms with Gasteiger partial charge in [0.2, 0.25) is 5.91 Å². The van der Waals surface area contributed by atoms with Crippen LogP contribution in [0, 0.1) is 0 Å². The van der Waals surface area contributed by atoms with Crippen molar-refractivity contribution in [1.82, 2.24) is 5.32 Å². The summed E-state index contributed by atoms with van der Waals surface area (Å²) in [4.78, 5) is 21.8. The van der Waals surface area contributed by atoms with E-state index in [1.165, 1.54) is 0 Å². The number of nitrogens with two attached hydrogens (primary N) is 1. The van der Waals surface area contributed by atoms with Crippen LogP contribution >= 0.6 is 0 Å². The van der Waals surface area contributed by atoms with Crippen LogP contribution in [0.25, 0.3) is 0 Å². The fraction of sp³-hybridized carbons (Fsp3) is 0.750. The van der Waals surface area contributed by atoms with Crippen LogP contribution in [0.4, 0.5) is 0 Å². The molecular weight excluding hydrogens is 172 g/mol. The standard InChI is InChI=1S/C8H14N2O3/c1-8(3-2-4-13-8)7(12)10-5-6(9)11/h2-5H2,1H3,(H2,9,11)(H,10,12). The Bertz CT molecular complexity index is 221. The highest BCUT2D eigenvalue weighted by molar-refractivity contribution is 5.88. The molecule has 0 aromatic heterocycles. The maximum absolute atomic E-state index is 11.4. The van der Waals surface area contributed by atoms with Crippen molar-refractivity contribution in [2.24, 2.45) is 5.73 Å². The molecule has 5 nitrogen and oxygen atoms in total. The molecule has 1 rings (SSSR count). The Labute approximate surface area is 76.6 Å². The number of primary amides is 1. The number of carbonyl (C=O) groups excluding carboxylic acids is 2. The molecule has 0 aromatic rings. The molecule has 1 aliphatic rings. The van der Waals surface area contributed by atoms with E-state index in [-0.39, 0.29) is 12.5 Å². The Balaban J connectivity index is 2.42. The first-order valence-electron chi connectivity index (χ1n) is 4.25.